The average Bonchev–Trinajstić information content (AvgIpc) is 2.77. The number of carbonyl (C=O) groups is 1. The predicted octanol–water partition coefficient (Wildman–Crippen LogP) is 0.274. The summed E-state index contributed by atoms with van der Waals surface area (Å²) in [5.41, 5.74) is 8.23. The third kappa shape index (κ3) is 4.01. The van der Waals surface area contributed by atoms with E-state index in [-0.39, 0.29) is 22.8 Å². The molecule has 3 aromatic rings. The highest BCUT2D eigenvalue weighted by Crippen LogP contribution is 2.16. The van der Waals surface area contributed by atoms with Gasteiger partial charge in [0.05, 0.1) is 19.8 Å². The molecule has 0 aromatic carbocycles. The third-order valence-electron chi connectivity index (χ3n) is 5.55. The Labute approximate surface area is 179 Å². The van der Waals surface area contributed by atoms with E-state index in [0.717, 1.165) is 25.2 Å². The lowest BCUT2D eigenvalue weighted by Gasteiger charge is -2.26. The molecule has 1 saturated heterocycles. The van der Waals surface area contributed by atoms with Crippen LogP contribution in [0.25, 0.3) is 16.7 Å². The van der Waals surface area contributed by atoms with Gasteiger partial charge in [0.25, 0.3) is 17.1 Å². The van der Waals surface area contributed by atoms with Gasteiger partial charge in [0.2, 0.25) is 11.5 Å². The summed E-state index contributed by atoms with van der Waals surface area (Å²) in [5.74, 6) is -0.0692. The summed E-state index contributed by atoms with van der Waals surface area (Å²) >= 11 is 0. The Morgan fingerprint density at radius 2 is 2.19 bits per heavy atom. The van der Waals surface area contributed by atoms with E-state index in [1.807, 2.05) is 13.0 Å². The van der Waals surface area contributed by atoms with E-state index in [4.69, 9.17) is 10.5 Å². The second kappa shape index (κ2) is 8.83. The summed E-state index contributed by atoms with van der Waals surface area (Å²) in [6, 6.07) is 5.23. The Bertz CT molecular complexity index is 1210. The van der Waals surface area contributed by atoms with Crippen LogP contribution in [0.15, 0.2) is 41.8 Å². The number of amides is 1. The fraction of sp³-hybridized carbons (Fsp3) is 0.364. The molecule has 0 radical (unpaired) electrons. The molecule has 0 saturated carbocycles. The van der Waals surface area contributed by atoms with Crippen LogP contribution in [-0.2, 0) is 11.3 Å². The Morgan fingerprint density at radius 3 is 2.94 bits per heavy atom. The van der Waals surface area contributed by atoms with Crippen LogP contribution in [0.3, 0.4) is 0 Å². The van der Waals surface area contributed by atoms with Crippen LogP contribution >= 0.6 is 0 Å². The zero-order chi connectivity index (χ0) is 22.0. The quantitative estimate of drug-likeness (QED) is 0.335. The first-order valence-corrected chi connectivity index (χ1v) is 10.3. The molecular weight excluding hydrogens is 396 g/mol. The molecule has 1 fully saturated rings. The topological polar surface area (TPSA) is 106 Å². The summed E-state index contributed by atoms with van der Waals surface area (Å²) in [5, 5.41) is 3.25. The van der Waals surface area contributed by atoms with Gasteiger partial charge in [0.1, 0.15) is 10.9 Å². The SMILES string of the molecule is C=CC[n+]1c(N)c(C(=O)NCCN2CCOCC2)cc2c(=O)n3cccc(C)c3nc21. The van der Waals surface area contributed by atoms with E-state index in [9.17, 15) is 9.59 Å². The Morgan fingerprint density at radius 1 is 1.42 bits per heavy atom. The van der Waals surface area contributed by atoms with Crippen molar-refractivity contribution in [2.45, 2.75) is 13.5 Å². The molecule has 4 rings (SSSR count). The van der Waals surface area contributed by atoms with Gasteiger partial charge < -0.3 is 15.8 Å². The summed E-state index contributed by atoms with van der Waals surface area (Å²) in [7, 11) is 0. The number of pyridine rings is 2. The highest BCUT2D eigenvalue weighted by Gasteiger charge is 2.24. The second-order valence-electron chi connectivity index (χ2n) is 7.59. The van der Waals surface area contributed by atoms with Crippen molar-refractivity contribution in [3.63, 3.8) is 0 Å². The van der Waals surface area contributed by atoms with Crippen molar-refractivity contribution in [1.82, 2.24) is 19.6 Å². The van der Waals surface area contributed by atoms with E-state index >= 15 is 0 Å². The van der Waals surface area contributed by atoms with Gasteiger partial charge in [0.15, 0.2) is 0 Å². The maximum atomic E-state index is 13.2. The van der Waals surface area contributed by atoms with Crippen molar-refractivity contribution in [2.24, 2.45) is 0 Å². The number of hydrogen-bond acceptors (Lipinski definition) is 6. The standard InChI is InChI=1S/C22H26N6O3/c1-3-7-27-18(23)16(21(29)24-6-9-26-10-12-31-13-11-26)14-17-20(27)25-19-15(2)5-4-8-28(19)22(17)30/h3-5,8,14,23H,1,6-7,9-13H2,2H3,(H,24,29)/p+1. The average molecular weight is 423 g/mol. The van der Waals surface area contributed by atoms with Gasteiger partial charge >= 0.3 is 0 Å². The number of morpholine rings is 1. The third-order valence-corrected chi connectivity index (χ3v) is 5.55. The van der Waals surface area contributed by atoms with Gasteiger partial charge in [0, 0.05) is 37.9 Å². The number of anilines is 1. The molecule has 1 aliphatic heterocycles. The number of nitrogen functional groups attached to an aromatic ring is 1. The molecule has 9 nitrogen and oxygen atoms in total. The largest absolute Gasteiger partial charge is 0.379 e. The fourth-order valence-electron chi connectivity index (χ4n) is 3.85. The van der Waals surface area contributed by atoms with E-state index in [1.165, 1.54) is 4.40 Å². The molecule has 0 bridgehead atoms. The lowest BCUT2D eigenvalue weighted by molar-refractivity contribution is -0.648. The number of allylic oxidation sites excluding steroid dienone is 1. The van der Waals surface area contributed by atoms with Crippen LogP contribution in [0.4, 0.5) is 5.82 Å². The zero-order valence-corrected chi connectivity index (χ0v) is 17.6. The monoisotopic (exact) mass is 423 g/mol. The molecule has 1 aliphatic rings. The normalized spacial score (nSPS) is 14.7. The number of hydrogen-bond donors (Lipinski definition) is 2. The number of fused-ring (bicyclic) bond motifs is 2. The minimum Gasteiger partial charge on any atom is -0.379 e. The number of aromatic nitrogens is 3. The van der Waals surface area contributed by atoms with Crippen molar-refractivity contribution in [2.75, 3.05) is 45.1 Å². The minimum atomic E-state index is -0.320. The van der Waals surface area contributed by atoms with Crippen molar-refractivity contribution in [3.05, 3.63) is 58.5 Å². The number of aryl methyl sites for hydroxylation is 1. The van der Waals surface area contributed by atoms with Gasteiger partial charge in [-0.25, -0.2) is 4.57 Å². The van der Waals surface area contributed by atoms with Crippen molar-refractivity contribution < 1.29 is 14.1 Å². The second-order valence-corrected chi connectivity index (χ2v) is 7.59. The van der Waals surface area contributed by atoms with Crippen molar-refractivity contribution in [3.8, 4) is 0 Å². The first-order chi connectivity index (χ1) is 15.0. The molecule has 162 valence electrons. The Balaban J connectivity index is 1.73. The molecule has 0 unspecified atom stereocenters. The highest BCUT2D eigenvalue weighted by atomic mass is 16.5. The van der Waals surface area contributed by atoms with E-state index in [1.54, 1.807) is 29.0 Å². The number of rotatable bonds is 6. The van der Waals surface area contributed by atoms with E-state index in [2.05, 4.69) is 21.8 Å². The fourth-order valence-corrected chi connectivity index (χ4v) is 3.85. The van der Waals surface area contributed by atoms with Gasteiger partial charge in [-0.3, -0.25) is 18.9 Å². The van der Waals surface area contributed by atoms with Crippen LogP contribution in [0.1, 0.15) is 15.9 Å². The van der Waals surface area contributed by atoms with Crippen LogP contribution in [0.5, 0.6) is 0 Å². The maximum absolute atomic E-state index is 13.2. The summed E-state index contributed by atoms with van der Waals surface area (Å²) < 4.78 is 8.50. The molecule has 3 aromatic heterocycles. The number of carbonyl (C=O) groups excluding carboxylic acids is 1. The first kappa shape index (κ1) is 21.0. The van der Waals surface area contributed by atoms with Crippen LogP contribution < -0.4 is 21.2 Å². The van der Waals surface area contributed by atoms with Gasteiger partial charge in [-0.05, 0) is 19.1 Å². The summed E-state index contributed by atoms with van der Waals surface area (Å²) in [6.07, 6.45) is 3.34. The van der Waals surface area contributed by atoms with E-state index < -0.39 is 0 Å². The summed E-state index contributed by atoms with van der Waals surface area (Å²) in [6.45, 7) is 10.3. The number of nitrogens with one attached hydrogen (secondary N) is 1. The zero-order valence-electron chi connectivity index (χ0n) is 17.6. The lowest BCUT2D eigenvalue weighted by Crippen LogP contribution is -2.44. The first-order valence-electron chi connectivity index (χ1n) is 10.3. The van der Waals surface area contributed by atoms with E-state index in [0.29, 0.717) is 43.0 Å². The Kier molecular flexibility index (Phi) is 5.97. The molecular formula is C22H27N6O3+. The number of nitrogens with zero attached hydrogens (tertiary/aromatic N) is 4. The van der Waals surface area contributed by atoms with Crippen molar-refractivity contribution in [1.29, 1.82) is 0 Å². The molecule has 4 heterocycles. The Hall–Kier alpha value is -3.30. The molecule has 1 amide bonds. The van der Waals surface area contributed by atoms with Crippen LogP contribution in [0, 0.1) is 6.92 Å². The summed E-state index contributed by atoms with van der Waals surface area (Å²) in [4.78, 5) is 33.1. The van der Waals surface area contributed by atoms with Gasteiger partial charge in [-0.2, -0.15) is 0 Å². The lowest BCUT2D eigenvalue weighted by atomic mass is 10.1. The smallest absolute Gasteiger partial charge is 0.278 e. The number of ether oxygens (including phenoxy) is 1. The van der Waals surface area contributed by atoms with Gasteiger partial charge in [-0.1, -0.05) is 23.7 Å². The molecule has 0 atom stereocenters. The van der Waals surface area contributed by atoms with Crippen molar-refractivity contribution >= 4 is 28.4 Å². The molecule has 0 spiro atoms. The van der Waals surface area contributed by atoms with Crippen LogP contribution in [0.2, 0.25) is 0 Å². The predicted molar refractivity (Wildman–Crippen MR) is 118 cm³/mol. The minimum absolute atomic E-state index is 0.246. The van der Waals surface area contributed by atoms with Gasteiger partial charge in [-0.15, -0.1) is 0 Å². The van der Waals surface area contributed by atoms with Crippen LogP contribution in [-0.4, -0.2) is 59.6 Å². The molecule has 9 heteroatoms. The molecule has 3 N–H and O–H groups in total. The molecule has 31 heavy (non-hydrogen) atoms. The number of nitrogens with two attached hydrogens (primary N) is 1. The highest BCUT2D eigenvalue weighted by molar-refractivity contribution is 6.00. The molecule has 0 aliphatic carbocycles. The maximum Gasteiger partial charge on any atom is 0.278 e.